The summed E-state index contributed by atoms with van der Waals surface area (Å²) in [6.07, 6.45) is 0.621. The minimum atomic E-state index is -0.231. The molecule has 0 unspecified atom stereocenters. The third-order valence-electron chi connectivity index (χ3n) is 7.47. The van der Waals surface area contributed by atoms with Crippen molar-refractivity contribution in [2.45, 2.75) is 38.0 Å². The molecule has 1 aliphatic heterocycles. The summed E-state index contributed by atoms with van der Waals surface area (Å²) in [7, 11) is 1.63. The fourth-order valence-corrected chi connectivity index (χ4v) is 7.17. The van der Waals surface area contributed by atoms with Gasteiger partial charge in [0.15, 0.2) is 11.0 Å². The number of carbonyl (C=O) groups is 2. The quantitative estimate of drug-likeness (QED) is 0.177. The molecule has 0 saturated carbocycles. The molecule has 1 N–H and O–H groups in total. The van der Waals surface area contributed by atoms with Crippen molar-refractivity contribution in [3.8, 4) is 11.4 Å². The van der Waals surface area contributed by atoms with Crippen molar-refractivity contribution in [2.24, 2.45) is 5.10 Å². The summed E-state index contributed by atoms with van der Waals surface area (Å²) in [5.74, 6) is 1.14. The van der Waals surface area contributed by atoms with Crippen LogP contribution in [0.25, 0.3) is 5.69 Å². The van der Waals surface area contributed by atoms with Crippen LogP contribution in [-0.2, 0) is 11.3 Å². The highest BCUT2D eigenvalue weighted by molar-refractivity contribution is 7.99. The molecule has 1 atom stereocenters. The topological polar surface area (TPSA) is 102 Å². The zero-order valence-corrected chi connectivity index (χ0v) is 26.8. The van der Waals surface area contributed by atoms with Crippen molar-refractivity contribution in [2.75, 3.05) is 12.9 Å². The zero-order chi connectivity index (χ0) is 30.6. The predicted molar refractivity (Wildman–Crippen MR) is 175 cm³/mol. The number of aromatic nitrogens is 3. The summed E-state index contributed by atoms with van der Waals surface area (Å²) < 4.78 is 7.27. The Morgan fingerprint density at radius 1 is 1.00 bits per heavy atom. The van der Waals surface area contributed by atoms with Gasteiger partial charge in [0.2, 0.25) is 0 Å². The van der Waals surface area contributed by atoms with Crippen LogP contribution in [0.1, 0.15) is 49.5 Å². The van der Waals surface area contributed by atoms with Crippen LogP contribution in [-0.4, -0.2) is 50.2 Å². The van der Waals surface area contributed by atoms with Gasteiger partial charge < -0.3 is 10.1 Å². The van der Waals surface area contributed by atoms with Gasteiger partial charge in [-0.1, -0.05) is 48.2 Å². The summed E-state index contributed by atoms with van der Waals surface area (Å²) >= 11 is 4.30. The highest BCUT2D eigenvalue weighted by Gasteiger charge is 2.34. The standard InChI is InChI=1S/C32H30N6O3S3/c1-20-7-4-8-25(21(20)2)37-29(18-33-31(40)28-10-6-16-43-28)34-35-32(37)44-19-30(39)38-26(22-11-13-23(41-3)14-12-22)17-24(36-38)27-9-5-15-42-27/h4-16,26H,17-19H2,1-3H3,(H,33,40)/t26-/m0/s1. The first kappa shape index (κ1) is 29.8. The Kier molecular flexibility index (Phi) is 8.91. The van der Waals surface area contributed by atoms with E-state index < -0.39 is 0 Å². The van der Waals surface area contributed by atoms with Crippen LogP contribution >= 0.6 is 34.4 Å². The molecule has 5 aromatic rings. The minimum Gasteiger partial charge on any atom is -0.497 e. The number of benzene rings is 2. The predicted octanol–water partition coefficient (Wildman–Crippen LogP) is 6.42. The van der Waals surface area contributed by atoms with Crippen LogP contribution < -0.4 is 10.1 Å². The molecule has 6 rings (SSSR count). The van der Waals surface area contributed by atoms with Crippen LogP contribution in [0.15, 0.2) is 87.7 Å². The monoisotopic (exact) mass is 642 g/mol. The maximum absolute atomic E-state index is 13.8. The molecule has 2 aromatic carbocycles. The van der Waals surface area contributed by atoms with Gasteiger partial charge in [-0.25, -0.2) is 5.01 Å². The second-order valence-electron chi connectivity index (χ2n) is 10.2. The third kappa shape index (κ3) is 6.19. The lowest BCUT2D eigenvalue weighted by molar-refractivity contribution is -0.130. The number of methoxy groups -OCH3 is 1. The van der Waals surface area contributed by atoms with Gasteiger partial charge in [-0.3, -0.25) is 14.2 Å². The highest BCUT2D eigenvalue weighted by Crippen LogP contribution is 2.35. The van der Waals surface area contributed by atoms with Crippen molar-refractivity contribution < 1.29 is 14.3 Å². The Balaban J connectivity index is 1.26. The number of nitrogens with zero attached hydrogens (tertiary/aromatic N) is 5. The molecule has 12 heteroatoms. The Morgan fingerprint density at radius 3 is 2.52 bits per heavy atom. The van der Waals surface area contributed by atoms with Gasteiger partial charge in [-0.15, -0.1) is 32.9 Å². The molecule has 0 saturated heterocycles. The number of nitrogens with one attached hydrogen (secondary N) is 1. The molecule has 44 heavy (non-hydrogen) atoms. The molecular formula is C32H30N6O3S3. The first-order valence-electron chi connectivity index (χ1n) is 14.0. The Hall–Kier alpha value is -4.26. The number of thiophene rings is 2. The molecule has 0 fully saturated rings. The summed E-state index contributed by atoms with van der Waals surface area (Å²) in [5.41, 5.74) is 4.96. The summed E-state index contributed by atoms with van der Waals surface area (Å²) in [4.78, 5) is 28.2. The summed E-state index contributed by atoms with van der Waals surface area (Å²) in [5, 5.41) is 22.7. The van der Waals surface area contributed by atoms with Gasteiger partial charge in [0, 0.05) is 6.42 Å². The second-order valence-corrected chi connectivity index (χ2v) is 13.0. The smallest absolute Gasteiger partial charge is 0.261 e. The number of amides is 2. The number of aryl methyl sites for hydroxylation is 1. The molecule has 224 valence electrons. The third-order valence-corrected chi connectivity index (χ3v) is 10.2. The maximum atomic E-state index is 13.8. The Bertz CT molecular complexity index is 1800. The van der Waals surface area contributed by atoms with Crippen molar-refractivity contribution in [3.05, 3.63) is 110 Å². The average Bonchev–Trinajstić information content (AvgIpc) is 3.87. The fourth-order valence-electron chi connectivity index (χ4n) is 4.99. The van der Waals surface area contributed by atoms with E-state index in [0.29, 0.717) is 22.3 Å². The number of hydrogen-bond donors (Lipinski definition) is 1. The van der Waals surface area contributed by atoms with Crippen molar-refractivity contribution in [1.29, 1.82) is 0 Å². The van der Waals surface area contributed by atoms with E-state index in [0.717, 1.165) is 38.7 Å². The van der Waals surface area contributed by atoms with Crippen LogP contribution in [0.5, 0.6) is 5.75 Å². The lowest BCUT2D eigenvalue weighted by atomic mass is 10.0. The average molecular weight is 643 g/mol. The number of rotatable bonds is 10. The van der Waals surface area contributed by atoms with E-state index >= 15 is 0 Å². The van der Waals surface area contributed by atoms with Crippen LogP contribution in [0, 0.1) is 13.8 Å². The van der Waals surface area contributed by atoms with Gasteiger partial charge in [0.1, 0.15) is 5.75 Å². The molecule has 0 aliphatic carbocycles. The van der Waals surface area contributed by atoms with Crippen molar-refractivity contribution in [3.63, 3.8) is 0 Å². The number of thioether (sulfide) groups is 1. The summed E-state index contributed by atoms with van der Waals surface area (Å²) in [6.45, 7) is 4.28. The van der Waals surface area contributed by atoms with Gasteiger partial charge in [-0.2, -0.15) is 5.10 Å². The SMILES string of the molecule is COc1ccc([C@@H]2CC(c3cccs3)=NN2C(=O)CSc2nnc(CNC(=O)c3cccs3)n2-c2cccc(C)c2C)cc1. The molecule has 1 aliphatic rings. The van der Waals surface area contributed by atoms with Gasteiger partial charge in [0.25, 0.3) is 11.8 Å². The zero-order valence-electron chi connectivity index (χ0n) is 24.4. The molecule has 9 nitrogen and oxygen atoms in total. The maximum Gasteiger partial charge on any atom is 0.261 e. The molecule has 0 radical (unpaired) electrons. The summed E-state index contributed by atoms with van der Waals surface area (Å²) in [6, 6.07) is 21.2. The lowest BCUT2D eigenvalue weighted by Gasteiger charge is -2.22. The molecule has 0 spiro atoms. The number of hydrazone groups is 1. The van der Waals surface area contributed by atoms with E-state index in [1.54, 1.807) is 29.5 Å². The van der Waals surface area contributed by atoms with Gasteiger partial charge in [0.05, 0.1) is 46.6 Å². The lowest BCUT2D eigenvalue weighted by Crippen LogP contribution is -2.28. The Morgan fingerprint density at radius 2 is 1.80 bits per heavy atom. The van der Waals surface area contributed by atoms with Crippen molar-refractivity contribution in [1.82, 2.24) is 25.1 Å². The van der Waals surface area contributed by atoms with E-state index in [4.69, 9.17) is 9.84 Å². The first-order chi connectivity index (χ1) is 21.4. The molecule has 4 heterocycles. The number of hydrogen-bond acceptors (Lipinski definition) is 9. The van der Waals surface area contributed by atoms with Crippen LogP contribution in [0.4, 0.5) is 0 Å². The number of ether oxygens (including phenoxy) is 1. The normalized spacial score (nSPS) is 14.5. The minimum absolute atomic E-state index is 0.110. The fraction of sp³-hybridized carbons (Fsp3) is 0.219. The van der Waals surface area contributed by atoms with Crippen molar-refractivity contribution >= 4 is 52.0 Å². The van der Waals surface area contributed by atoms with E-state index in [2.05, 4.69) is 15.5 Å². The highest BCUT2D eigenvalue weighted by atomic mass is 32.2. The molecular weight excluding hydrogens is 613 g/mol. The molecule has 3 aromatic heterocycles. The molecule has 2 amide bonds. The largest absolute Gasteiger partial charge is 0.497 e. The van der Waals surface area contributed by atoms with E-state index in [1.165, 1.54) is 23.1 Å². The van der Waals surface area contributed by atoms with E-state index in [9.17, 15) is 9.59 Å². The number of carbonyl (C=O) groups excluding carboxylic acids is 2. The van der Waals surface area contributed by atoms with E-state index in [-0.39, 0.29) is 30.2 Å². The van der Waals surface area contributed by atoms with Gasteiger partial charge in [-0.05, 0) is 71.6 Å². The van der Waals surface area contributed by atoms with Crippen LogP contribution in [0.2, 0.25) is 0 Å². The van der Waals surface area contributed by atoms with Gasteiger partial charge >= 0.3 is 0 Å². The Labute approximate surface area is 267 Å². The van der Waals surface area contributed by atoms with Crippen LogP contribution in [0.3, 0.4) is 0 Å². The molecule has 0 bridgehead atoms. The second kappa shape index (κ2) is 13.2. The van der Waals surface area contributed by atoms with E-state index in [1.807, 2.05) is 89.8 Å². The first-order valence-corrected chi connectivity index (χ1v) is 16.7.